The van der Waals surface area contributed by atoms with Crippen LogP contribution < -0.4 is 0 Å². The fraction of sp³-hybridized carbons (Fsp3) is 0.300. The van der Waals surface area contributed by atoms with E-state index in [1.807, 2.05) is 24.4 Å². The van der Waals surface area contributed by atoms with Gasteiger partial charge in [-0.1, -0.05) is 6.92 Å². The standard InChI is InChI=1S/C10H11NOS/c1-2-9(12)7-5-10-8(11-6-7)3-4-13-10/h3-6,9,12H,2H2,1H3/t9-/m0/s1. The van der Waals surface area contributed by atoms with E-state index < -0.39 is 0 Å². The Hall–Kier alpha value is -0.930. The second kappa shape index (κ2) is 3.44. The largest absolute Gasteiger partial charge is 0.388 e. The third-order valence-corrected chi connectivity index (χ3v) is 2.95. The topological polar surface area (TPSA) is 33.1 Å². The Kier molecular flexibility index (Phi) is 2.29. The molecule has 0 radical (unpaired) electrons. The van der Waals surface area contributed by atoms with Gasteiger partial charge in [-0.25, -0.2) is 0 Å². The van der Waals surface area contributed by atoms with E-state index in [4.69, 9.17) is 0 Å². The van der Waals surface area contributed by atoms with Crippen LogP contribution in [0.5, 0.6) is 0 Å². The average molecular weight is 193 g/mol. The van der Waals surface area contributed by atoms with Gasteiger partial charge < -0.3 is 5.11 Å². The van der Waals surface area contributed by atoms with Crippen LogP contribution in [0.25, 0.3) is 10.2 Å². The zero-order chi connectivity index (χ0) is 9.26. The van der Waals surface area contributed by atoms with Crippen LogP contribution in [0.15, 0.2) is 23.7 Å². The second-order valence-corrected chi connectivity index (χ2v) is 3.94. The van der Waals surface area contributed by atoms with Crippen LogP contribution in [-0.4, -0.2) is 10.1 Å². The van der Waals surface area contributed by atoms with Crippen LogP contribution in [0.4, 0.5) is 0 Å². The van der Waals surface area contributed by atoms with Crippen molar-refractivity contribution in [3.05, 3.63) is 29.3 Å². The lowest BCUT2D eigenvalue weighted by Crippen LogP contribution is -1.95. The number of fused-ring (bicyclic) bond motifs is 1. The maximum atomic E-state index is 9.59. The summed E-state index contributed by atoms with van der Waals surface area (Å²) in [5.74, 6) is 0. The van der Waals surface area contributed by atoms with Gasteiger partial charge in [-0.2, -0.15) is 0 Å². The number of aliphatic hydroxyl groups excluding tert-OH is 1. The molecule has 0 aliphatic heterocycles. The number of aliphatic hydroxyl groups is 1. The van der Waals surface area contributed by atoms with Crippen LogP contribution >= 0.6 is 11.3 Å². The first-order chi connectivity index (χ1) is 6.31. The quantitative estimate of drug-likeness (QED) is 0.795. The number of hydrogen-bond donors (Lipinski definition) is 1. The van der Waals surface area contributed by atoms with E-state index in [9.17, 15) is 5.11 Å². The summed E-state index contributed by atoms with van der Waals surface area (Å²) in [6.07, 6.45) is 2.11. The van der Waals surface area contributed by atoms with Crippen LogP contribution in [0.1, 0.15) is 25.0 Å². The molecule has 2 rings (SSSR count). The van der Waals surface area contributed by atoms with Gasteiger partial charge in [0, 0.05) is 11.8 Å². The summed E-state index contributed by atoms with van der Waals surface area (Å²) in [4.78, 5) is 4.26. The molecule has 0 bridgehead atoms. The van der Waals surface area contributed by atoms with Crippen molar-refractivity contribution in [2.24, 2.45) is 0 Å². The first-order valence-electron chi connectivity index (χ1n) is 4.32. The molecule has 13 heavy (non-hydrogen) atoms. The van der Waals surface area contributed by atoms with Crippen molar-refractivity contribution in [3.63, 3.8) is 0 Å². The molecule has 2 aromatic rings. The number of hydrogen-bond acceptors (Lipinski definition) is 3. The van der Waals surface area contributed by atoms with E-state index >= 15 is 0 Å². The molecule has 0 aliphatic rings. The molecule has 0 fully saturated rings. The van der Waals surface area contributed by atoms with E-state index in [0.29, 0.717) is 0 Å². The van der Waals surface area contributed by atoms with Crippen molar-refractivity contribution in [2.75, 3.05) is 0 Å². The number of pyridine rings is 1. The highest BCUT2D eigenvalue weighted by molar-refractivity contribution is 7.17. The molecule has 2 nitrogen and oxygen atoms in total. The average Bonchev–Trinajstić information content (AvgIpc) is 2.63. The van der Waals surface area contributed by atoms with Crippen molar-refractivity contribution in [3.8, 4) is 0 Å². The Morgan fingerprint density at radius 2 is 2.46 bits per heavy atom. The van der Waals surface area contributed by atoms with Gasteiger partial charge in [0.1, 0.15) is 0 Å². The first kappa shape index (κ1) is 8.66. The highest BCUT2D eigenvalue weighted by atomic mass is 32.1. The first-order valence-corrected chi connectivity index (χ1v) is 5.20. The zero-order valence-corrected chi connectivity index (χ0v) is 8.21. The van der Waals surface area contributed by atoms with E-state index in [2.05, 4.69) is 4.98 Å². The predicted molar refractivity (Wildman–Crippen MR) is 54.9 cm³/mol. The SMILES string of the molecule is CC[C@H](O)c1cnc2ccsc2c1. The summed E-state index contributed by atoms with van der Waals surface area (Å²) in [6.45, 7) is 1.96. The van der Waals surface area contributed by atoms with E-state index in [0.717, 1.165) is 22.2 Å². The lowest BCUT2D eigenvalue weighted by Gasteiger charge is -2.06. The molecule has 68 valence electrons. The van der Waals surface area contributed by atoms with Gasteiger partial charge in [0.05, 0.1) is 16.3 Å². The molecule has 0 aromatic carbocycles. The van der Waals surface area contributed by atoms with Gasteiger partial charge in [0.15, 0.2) is 0 Å². The third-order valence-electron chi connectivity index (χ3n) is 2.10. The molecule has 1 atom stereocenters. The number of thiophene rings is 1. The molecule has 0 saturated heterocycles. The molecule has 0 aliphatic carbocycles. The summed E-state index contributed by atoms with van der Waals surface area (Å²) in [7, 11) is 0. The highest BCUT2D eigenvalue weighted by Crippen LogP contribution is 2.23. The van der Waals surface area contributed by atoms with Crippen molar-refractivity contribution in [1.82, 2.24) is 4.98 Å². The van der Waals surface area contributed by atoms with E-state index in [-0.39, 0.29) is 6.10 Å². The third kappa shape index (κ3) is 1.57. The lowest BCUT2D eigenvalue weighted by atomic mass is 10.1. The van der Waals surface area contributed by atoms with Crippen LogP contribution in [0.2, 0.25) is 0 Å². The Labute approximate surface area is 80.9 Å². The van der Waals surface area contributed by atoms with Gasteiger partial charge in [-0.05, 0) is 23.9 Å². The maximum absolute atomic E-state index is 9.59. The summed E-state index contributed by atoms with van der Waals surface area (Å²) in [5.41, 5.74) is 1.93. The normalized spacial score (nSPS) is 13.4. The number of aromatic nitrogens is 1. The highest BCUT2D eigenvalue weighted by Gasteiger charge is 2.06. The molecule has 2 heterocycles. The molecule has 0 amide bonds. The van der Waals surface area contributed by atoms with Crippen molar-refractivity contribution in [2.45, 2.75) is 19.4 Å². The van der Waals surface area contributed by atoms with Crippen LogP contribution in [-0.2, 0) is 0 Å². The minimum atomic E-state index is -0.376. The van der Waals surface area contributed by atoms with Crippen LogP contribution in [0, 0.1) is 0 Å². The molecule has 0 unspecified atom stereocenters. The van der Waals surface area contributed by atoms with Gasteiger partial charge >= 0.3 is 0 Å². The van der Waals surface area contributed by atoms with E-state index in [1.54, 1.807) is 17.5 Å². The molecule has 1 N–H and O–H groups in total. The van der Waals surface area contributed by atoms with E-state index in [1.165, 1.54) is 0 Å². The van der Waals surface area contributed by atoms with Crippen molar-refractivity contribution in [1.29, 1.82) is 0 Å². The van der Waals surface area contributed by atoms with Crippen molar-refractivity contribution >= 4 is 21.6 Å². The van der Waals surface area contributed by atoms with Gasteiger partial charge in [-0.3, -0.25) is 4.98 Å². The monoisotopic (exact) mass is 193 g/mol. The smallest absolute Gasteiger partial charge is 0.0809 e. The van der Waals surface area contributed by atoms with Crippen LogP contribution in [0.3, 0.4) is 0 Å². The fourth-order valence-electron chi connectivity index (χ4n) is 1.28. The lowest BCUT2D eigenvalue weighted by molar-refractivity contribution is 0.173. The summed E-state index contributed by atoms with van der Waals surface area (Å²) in [6, 6.07) is 4.00. The second-order valence-electron chi connectivity index (χ2n) is 3.00. The molecule has 2 aromatic heterocycles. The zero-order valence-electron chi connectivity index (χ0n) is 7.40. The molecule has 0 saturated carbocycles. The van der Waals surface area contributed by atoms with Gasteiger partial charge in [-0.15, -0.1) is 11.3 Å². The molecular weight excluding hydrogens is 182 g/mol. The summed E-state index contributed by atoms with van der Waals surface area (Å²) < 4.78 is 1.14. The minimum Gasteiger partial charge on any atom is -0.388 e. The minimum absolute atomic E-state index is 0.376. The fourth-order valence-corrected chi connectivity index (χ4v) is 2.07. The summed E-state index contributed by atoms with van der Waals surface area (Å²) >= 11 is 1.66. The number of rotatable bonds is 2. The Balaban J connectivity index is 2.48. The van der Waals surface area contributed by atoms with Gasteiger partial charge in [0.2, 0.25) is 0 Å². The Bertz CT molecular complexity index is 410. The molecule has 3 heteroatoms. The Morgan fingerprint density at radius 3 is 3.23 bits per heavy atom. The Morgan fingerprint density at radius 1 is 1.62 bits per heavy atom. The predicted octanol–water partition coefficient (Wildman–Crippen LogP) is 2.74. The maximum Gasteiger partial charge on any atom is 0.0809 e. The molecule has 0 spiro atoms. The van der Waals surface area contributed by atoms with Crippen molar-refractivity contribution < 1.29 is 5.11 Å². The molecular formula is C10H11NOS. The van der Waals surface area contributed by atoms with Gasteiger partial charge in [0.25, 0.3) is 0 Å². The number of nitrogens with zero attached hydrogens (tertiary/aromatic N) is 1. The summed E-state index contributed by atoms with van der Waals surface area (Å²) in [5, 5.41) is 11.6.